The minimum atomic E-state index is -4.56. The van der Waals surface area contributed by atoms with Gasteiger partial charge in [0.1, 0.15) is 5.69 Å². The van der Waals surface area contributed by atoms with Gasteiger partial charge in [0, 0.05) is 37.7 Å². The maximum atomic E-state index is 12.7. The predicted octanol–water partition coefficient (Wildman–Crippen LogP) is 1.35. The van der Waals surface area contributed by atoms with Crippen molar-refractivity contribution >= 4 is 5.91 Å². The molecule has 2 aliphatic heterocycles. The van der Waals surface area contributed by atoms with Crippen LogP contribution < -0.4 is 0 Å². The van der Waals surface area contributed by atoms with Crippen LogP contribution in [0.5, 0.6) is 0 Å². The quantitative estimate of drug-likeness (QED) is 0.805. The van der Waals surface area contributed by atoms with Gasteiger partial charge in [-0.2, -0.15) is 18.3 Å². The molecule has 0 radical (unpaired) electrons. The van der Waals surface area contributed by atoms with E-state index in [0.717, 1.165) is 19.0 Å². The van der Waals surface area contributed by atoms with Crippen LogP contribution in [0, 0.1) is 5.41 Å². The van der Waals surface area contributed by atoms with Crippen molar-refractivity contribution in [3.8, 4) is 0 Å². The van der Waals surface area contributed by atoms with Crippen LogP contribution in [-0.4, -0.2) is 70.3 Å². The SMILES string of the molecule is CN1CC[C@H](O)[C@@]2(CCCN(C(=O)c3cc(C(F)(F)F)[nH]n3)C2)C1. The summed E-state index contributed by atoms with van der Waals surface area (Å²) in [5.41, 5.74) is -1.68. The summed E-state index contributed by atoms with van der Waals surface area (Å²) < 4.78 is 38.0. The van der Waals surface area contributed by atoms with Crippen LogP contribution in [0.3, 0.4) is 0 Å². The molecule has 0 saturated carbocycles. The minimum Gasteiger partial charge on any atom is -0.392 e. The summed E-state index contributed by atoms with van der Waals surface area (Å²) in [6.07, 6.45) is -2.91. The molecule has 1 aromatic rings. The number of hydrogen-bond donors (Lipinski definition) is 2. The molecule has 24 heavy (non-hydrogen) atoms. The first-order valence-electron chi connectivity index (χ1n) is 8.00. The van der Waals surface area contributed by atoms with E-state index < -0.39 is 29.3 Å². The molecule has 0 aromatic carbocycles. The van der Waals surface area contributed by atoms with E-state index in [-0.39, 0.29) is 5.69 Å². The fraction of sp³-hybridized carbons (Fsp3) is 0.733. The average Bonchev–Trinajstić information content (AvgIpc) is 3.01. The van der Waals surface area contributed by atoms with Gasteiger partial charge in [0.15, 0.2) is 5.69 Å². The Bertz CT molecular complexity index is 618. The molecule has 3 heterocycles. The van der Waals surface area contributed by atoms with Crippen molar-refractivity contribution in [3.63, 3.8) is 0 Å². The highest BCUT2D eigenvalue weighted by Crippen LogP contribution is 2.39. The summed E-state index contributed by atoms with van der Waals surface area (Å²) in [6, 6.07) is 0.743. The number of likely N-dealkylation sites (tertiary alicyclic amines) is 2. The van der Waals surface area contributed by atoms with Gasteiger partial charge in [-0.25, -0.2) is 0 Å². The zero-order valence-electron chi connectivity index (χ0n) is 13.4. The molecule has 2 saturated heterocycles. The first-order valence-corrected chi connectivity index (χ1v) is 8.00. The minimum absolute atomic E-state index is 0.238. The van der Waals surface area contributed by atoms with Crippen molar-refractivity contribution in [1.29, 1.82) is 0 Å². The number of rotatable bonds is 1. The second-order valence-corrected chi connectivity index (χ2v) is 6.90. The molecule has 2 N–H and O–H groups in total. The number of aromatic nitrogens is 2. The van der Waals surface area contributed by atoms with Crippen molar-refractivity contribution < 1.29 is 23.1 Å². The first kappa shape index (κ1) is 17.2. The third-order valence-electron chi connectivity index (χ3n) is 5.07. The van der Waals surface area contributed by atoms with Crippen LogP contribution in [0.25, 0.3) is 0 Å². The number of H-pyrrole nitrogens is 1. The lowest BCUT2D eigenvalue weighted by Gasteiger charge is -2.50. The van der Waals surface area contributed by atoms with Crippen molar-refractivity contribution in [2.45, 2.75) is 31.5 Å². The summed E-state index contributed by atoms with van der Waals surface area (Å²) in [5, 5.41) is 15.8. The Morgan fingerprint density at radius 3 is 2.83 bits per heavy atom. The third kappa shape index (κ3) is 3.14. The van der Waals surface area contributed by atoms with Crippen LogP contribution in [0.4, 0.5) is 13.2 Å². The Hall–Kier alpha value is -1.61. The number of hydrogen-bond acceptors (Lipinski definition) is 4. The lowest BCUT2D eigenvalue weighted by Crippen LogP contribution is -2.59. The summed E-state index contributed by atoms with van der Waals surface area (Å²) in [6.45, 7) is 2.27. The standard InChI is InChI=1S/C15H21F3N4O2/c1-21-6-3-12(23)14(8-21)4-2-5-22(9-14)13(24)10-7-11(20-19-10)15(16,17)18/h7,12,23H,2-6,8-9H2,1H3,(H,19,20)/t12-,14-/m0/s1. The van der Waals surface area contributed by atoms with E-state index in [0.29, 0.717) is 32.5 Å². The summed E-state index contributed by atoms with van der Waals surface area (Å²) >= 11 is 0. The Labute approximate surface area is 137 Å². The fourth-order valence-corrected chi connectivity index (χ4v) is 3.84. The number of carbonyl (C=O) groups excluding carboxylic acids is 1. The molecule has 2 fully saturated rings. The summed E-state index contributed by atoms with van der Waals surface area (Å²) in [5.74, 6) is -0.527. The summed E-state index contributed by atoms with van der Waals surface area (Å²) in [4.78, 5) is 16.2. The van der Waals surface area contributed by atoms with Crippen LogP contribution in [0.2, 0.25) is 0 Å². The van der Waals surface area contributed by atoms with Crippen LogP contribution in [0.15, 0.2) is 6.07 Å². The predicted molar refractivity (Wildman–Crippen MR) is 79.3 cm³/mol. The number of halogens is 3. The smallest absolute Gasteiger partial charge is 0.392 e. The van der Waals surface area contributed by atoms with Crippen molar-refractivity contribution in [2.24, 2.45) is 5.41 Å². The van der Waals surface area contributed by atoms with E-state index >= 15 is 0 Å². The highest BCUT2D eigenvalue weighted by molar-refractivity contribution is 5.92. The van der Waals surface area contributed by atoms with Gasteiger partial charge < -0.3 is 14.9 Å². The van der Waals surface area contributed by atoms with Crippen LogP contribution >= 0.6 is 0 Å². The fourth-order valence-electron chi connectivity index (χ4n) is 3.84. The van der Waals surface area contributed by atoms with E-state index in [2.05, 4.69) is 10.00 Å². The molecule has 3 rings (SSSR count). The van der Waals surface area contributed by atoms with E-state index in [4.69, 9.17) is 0 Å². The van der Waals surface area contributed by atoms with Gasteiger partial charge in [-0.1, -0.05) is 0 Å². The lowest BCUT2D eigenvalue weighted by atomic mass is 9.71. The number of amides is 1. The summed E-state index contributed by atoms with van der Waals surface area (Å²) in [7, 11) is 1.97. The van der Waals surface area contributed by atoms with E-state index in [9.17, 15) is 23.1 Å². The number of nitrogens with one attached hydrogen (secondary N) is 1. The number of alkyl halides is 3. The van der Waals surface area contributed by atoms with Gasteiger partial charge in [-0.3, -0.25) is 9.89 Å². The van der Waals surface area contributed by atoms with Gasteiger partial charge in [-0.15, -0.1) is 0 Å². The molecule has 1 amide bonds. The second kappa shape index (κ2) is 6.03. The Morgan fingerprint density at radius 2 is 2.17 bits per heavy atom. The highest BCUT2D eigenvalue weighted by Gasteiger charge is 2.46. The van der Waals surface area contributed by atoms with Crippen molar-refractivity contribution in [1.82, 2.24) is 20.0 Å². The van der Waals surface area contributed by atoms with Crippen LogP contribution in [-0.2, 0) is 6.18 Å². The molecule has 2 aliphatic rings. The molecule has 1 spiro atoms. The Balaban J connectivity index is 1.77. The molecular weight excluding hydrogens is 325 g/mol. The van der Waals surface area contributed by atoms with Gasteiger partial charge in [0.2, 0.25) is 0 Å². The number of aromatic amines is 1. The van der Waals surface area contributed by atoms with E-state index in [1.165, 1.54) is 4.90 Å². The maximum absolute atomic E-state index is 12.7. The maximum Gasteiger partial charge on any atom is 0.432 e. The highest BCUT2D eigenvalue weighted by atomic mass is 19.4. The van der Waals surface area contributed by atoms with Gasteiger partial charge in [0.05, 0.1) is 6.10 Å². The normalized spacial score (nSPS) is 29.2. The van der Waals surface area contributed by atoms with Gasteiger partial charge in [-0.05, 0) is 26.3 Å². The molecule has 6 nitrogen and oxygen atoms in total. The van der Waals surface area contributed by atoms with Gasteiger partial charge >= 0.3 is 6.18 Å². The molecule has 1 aromatic heterocycles. The van der Waals surface area contributed by atoms with Crippen LogP contribution in [0.1, 0.15) is 35.4 Å². The number of nitrogens with zero attached hydrogens (tertiary/aromatic N) is 3. The zero-order valence-corrected chi connectivity index (χ0v) is 13.4. The molecule has 0 unspecified atom stereocenters. The monoisotopic (exact) mass is 346 g/mol. The molecule has 0 bridgehead atoms. The number of aliphatic hydroxyl groups is 1. The third-order valence-corrected chi connectivity index (χ3v) is 5.07. The first-order chi connectivity index (χ1) is 11.2. The molecule has 2 atom stereocenters. The second-order valence-electron chi connectivity index (χ2n) is 6.90. The average molecular weight is 346 g/mol. The zero-order chi connectivity index (χ0) is 17.5. The molecule has 134 valence electrons. The molecule has 0 aliphatic carbocycles. The molecule has 9 heteroatoms. The van der Waals surface area contributed by atoms with Gasteiger partial charge in [0.25, 0.3) is 5.91 Å². The number of carbonyl (C=O) groups is 1. The molecular formula is C15H21F3N4O2. The Kier molecular flexibility index (Phi) is 4.33. The van der Waals surface area contributed by atoms with Crippen molar-refractivity contribution in [2.75, 3.05) is 33.2 Å². The topological polar surface area (TPSA) is 72.5 Å². The Morgan fingerprint density at radius 1 is 1.42 bits per heavy atom. The number of aliphatic hydroxyl groups excluding tert-OH is 1. The largest absolute Gasteiger partial charge is 0.432 e. The van der Waals surface area contributed by atoms with Crippen molar-refractivity contribution in [3.05, 3.63) is 17.5 Å². The number of piperidine rings is 2. The lowest BCUT2D eigenvalue weighted by molar-refractivity contribution is -0.141. The van der Waals surface area contributed by atoms with E-state index in [1.54, 1.807) is 0 Å². The van der Waals surface area contributed by atoms with E-state index in [1.807, 2.05) is 12.1 Å².